The first-order chi connectivity index (χ1) is 14.8. The number of aliphatic hydroxyl groups is 1. The smallest absolute Gasteiger partial charge is 0.305 e. The number of carboxylic acid groups (broad SMARTS) is 1. The summed E-state index contributed by atoms with van der Waals surface area (Å²) in [6, 6.07) is 9.88. The summed E-state index contributed by atoms with van der Waals surface area (Å²) < 4.78 is 10.6. The second-order valence-electron chi connectivity index (χ2n) is 6.75. The number of carbonyl (C=O) groups excluding carboxylic acids is 2. The Hall–Kier alpha value is -3.52. The van der Waals surface area contributed by atoms with Gasteiger partial charge in [-0.3, -0.25) is 14.4 Å². The van der Waals surface area contributed by atoms with Crippen molar-refractivity contribution in [2.45, 2.75) is 12.5 Å². The van der Waals surface area contributed by atoms with Gasteiger partial charge >= 0.3 is 5.97 Å². The van der Waals surface area contributed by atoms with E-state index in [0.29, 0.717) is 22.1 Å². The van der Waals surface area contributed by atoms with E-state index in [9.17, 15) is 19.5 Å². The van der Waals surface area contributed by atoms with Gasteiger partial charge in [-0.25, -0.2) is 0 Å². The van der Waals surface area contributed by atoms with Crippen LogP contribution in [0.3, 0.4) is 0 Å². The summed E-state index contributed by atoms with van der Waals surface area (Å²) in [4.78, 5) is 37.9. The summed E-state index contributed by atoms with van der Waals surface area (Å²) in [5.41, 5.74) is 0.530. The number of ketones is 1. The average molecular weight is 446 g/mol. The van der Waals surface area contributed by atoms with E-state index in [-0.39, 0.29) is 24.1 Å². The van der Waals surface area contributed by atoms with Crippen LogP contribution in [0.2, 0.25) is 5.02 Å². The second-order valence-corrected chi connectivity index (χ2v) is 7.19. The largest absolute Gasteiger partial charge is 0.507 e. The first kappa shape index (κ1) is 22.2. The summed E-state index contributed by atoms with van der Waals surface area (Å²) in [5.74, 6) is -2.54. The highest BCUT2D eigenvalue weighted by Gasteiger charge is 2.47. The number of hydrogen-bond acceptors (Lipinski definition) is 6. The van der Waals surface area contributed by atoms with Crippen molar-refractivity contribution in [3.05, 3.63) is 64.2 Å². The summed E-state index contributed by atoms with van der Waals surface area (Å²) in [6.07, 6.45) is -0.372. The molecule has 1 amide bonds. The lowest BCUT2D eigenvalue weighted by atomic mass is 9.94. The van der Waals surface area contributed by atoms with Gasteiger partial charge in [0.05, 0.1) is 32.3 Å². The van der Waals surface area contributed by atoms with Crippen LogP contribution in [-0.4, -0.2) is 53.5 Å². The molecular formula is C22H20ClNO7. The molecule has 0 aliphatic carbocycles. The van der Waals surface area contributed by atoms with E-state index in [1.54, 1.807) is 30.3 Å². The molecule has 162 valence electrons. The van der Waals surface area contributed by atoms with Crippen LogP contribution in [0.15, 0.2) is 48.0 Å². The van der Waals surface area contributed by atoms with Crippen LogP contribution in [0.4, 0.5) is 0 Å². The number of carbonyl (C=O) groups is 3. The second kappa shape index (κ2) is 9.09. The fourth-order valence-electron chi connectivity index (χ4n) is 3.46. The Balaban J connectivity index is 2.21. The highest BCUT2D eigenvalue weighted by molar-refractivity contribution is 6.46. The van der Waals surface area contributed by atoms with E-state index in [0.717, 1.165) is 4.90 Å². The molecule has 2 N–H and O–H groups in total. The molecule has 9 heteroatoms. The van der Waals surface area contributed by atoms with Gasteiger partial charge in [0.1, 0.15) is 17.3 Å². The van der Waals surface area contributed by atoms with Crippen molar-refractivity contribution in [3.8, 4) is 11.5 Å². The van der Waals surface area contributed by atoms with Crippen molar-refractivity contribution in [1.29, 1.82) is 0 Å². The van der Waals surface area contributed by atoms with Crippen LogP contribution < -0.4 is 9.47 Å². The molecule has 0 saturated carbocycles. The van der Waals surface area contributed by atoms with Crippen LogP contribution in [0, 0.1) is 0 Å². The number of Topliss-reactive ketones (excluding diaryl/α,β-unsaturated/α-hetero) is 1. The van der Waals surface area contributed by atoms with Gasteiger partial charge in [0.25, 0.3) is 11.7 Å². The zero-order chi connectivity index (χ0) is 22.7. The van der Waals surface area contributed by atoms with Crippen molar-refractivity contribution in [1.82, 2.24) is 4.90 Å². The average Bonchev–Trinajstić information content (AvgIpc) is 3.01. The van der Waals surface area contributed by atoms with Crippen molar-refractivity contribution >= 4 is 35.0 Å². The van der Waals surface area contributed by atoms with Crippen LogP contribution in [-0.2, 0) is 14.4 Å². The first-order valence-electron chi connectivity index (χ1n) is 9.26. The number of likely N-dealkylation sites (tertiary alicyclic amines) is 1. The molecule has 1 heterocycles. The summed E-state index contributed by atoms with van der Waals surface area (Å²) >= 11 is 5.90. The minimum absolute atomic E-state index is 0.166. The lowest BCUT2D eigenvalue weighted by Crippen LogP contribution is -2.32. The van der Waals surface area contributed by atoms with Crippen molar-refractivity contribution in [2.75, 3.05) is 20.8 Å². The molecule has 1 unspecified atom stereocenters. The fourth-order valence-corrected chi connectivity index (χ4v) is 3.58. The van der Waals surface area contributed by atoms with Crippen LogP contribution in [0.25, 0.3) is 5.76 Å². The number of benzene rings is 2. The summed E-state index contributed by atoms with van der Waals surface area (Å²) in [7, 11) is 2.90. The third-order valence-electron chi connectivity index (χ3n) is 4.96. The number of nitrogens with zero attached hydrogens (tertiary/aromatic N) is 1. The Morgan fingerprint density at radius 2 is 1.74 bits per heavy atom. The van der Waals surface area contributed by atoms with E-state index in [2.05, 4.69) is 0 Å². The minimum atomic E-state index is -1.12. The predicted molar refractivity (Wildman–Crippen MR) is 112 cm³/mol. The van der Waals surface area contributed by atoms with Crippen LogP contribution in [0.5, 0.6) is 11.5 Å². The van der Waals surface area contributed by atoms with Crippen LogP contribution >= 0.6 is 11.6 Å². The monoisotopic (exact) mass is 445 g/mol. The molecule has 1 saturated heterocycles. The maximum absolute atomic E-state index is 12.9. The van der Waals surface area contributed by atoms with E-state index >= 15 is 0 Å². The third-order valence-corrected chi connectivity index (χ3v) is 5.21. The number of aliphatic carboxylic acids is 1. The molecule has 0 aromatic heterocycles. The molecule has 0 bridgehead atoms. The Morgan fingerprint density at radius 1 is 1.06 bits per heavy atom. The molecule has 2 aromatic carbocycles. The number of rotatable bonds is 7. The number of aliphatic hydroxyl groups excluding tert-OH is 1. The van der Waals surface area contributed by atoms with E-state index in [1.807, 2.05) is 0 Å². The summed E-state index contributed by atoms with van der Waals surface area (Å²) in [6.45, 7) is -0.225. The van der Waals surface area contributed by atoms with Crippen molar-refractivity contribution < 1.29 is 34.1 Å². The summed E-state index contributed by atoms with van der Waals surface area (Å²) in [5, 5.41) is 20.5. The maximum Gasteiger partial charge on any atom is 0.305 e. The number of halogens is 1. The number of carboxylic acids is 1. The predicted octanol–water partition coefficient (Wildman–Crippen LogP) is 3.25. The lowest BCUT2D eigenvalue weighted by Gasteiger charge is -2.26. The highest BCUT2D eigenvalue weighted by Crippen LogP contribution is 2.43. The number of ether oxygens (including phenoxy) is 2. The Bertz CT molecular complexity index is 1060. The molecular weight excluding hydrogens is 426 g/mol. The molecule has 1 aliphatic heterocycles. The molecule has 2 aromatic rings. The molecule has 8 nitrogen and oxygen atoms in total. The number of amides is 1. The molecule has 0 radical (unpaired) electrons. The standard InChI is InChI=1S/C22H20ClNO7/c1-30-14-7-8-15(16(11-14)31-2)19-18(20(27)12-3-5-13(23)6-4-12)21(28)22(29)24(19)10-9-17(25)26/h3-8,11,19,27H,9-10H2,1-2H3,(H,25,26). The van der Waals surface area contributed by atoms with Gasteiger partial charge in [-0.1, -0.05) is 11.6 Å². The number of hydrogen-bond donors (Lipinski definition) is 2. The molecule has 1 atom stereocenters. The molecule has 31 heavy (non-hydrogen) atoms. The van der Waals surface area contributed by atoms with Gasteiger partial charge in [0.2, 0.25) is 0 Å². The Labute approximate surface area is 183 Å². The van der Waals surface area contributed by atoms with Crippen LogP contribution in [0.1, 0.15) is 23.6 Å². The van der Waals surface area contributed by atoms with E-state index in [1.165, 1.54) is 26.4 Å². The SMILES string of the molecule is COc1ccc(C2C(=C(O)c3ccc(Cl)cc3)C(=O)C(=O)N2CCC(=O)O)c(OC)c1. The minimum Gasteiger partial charge on any atom is -0.507 e. The van der Waals surface area contributed by atoms with Gasteiger partial charge < -0.3 is 24.6 Å². The molecule has 1 fully saturated rings. The third kappa shape index (κ3) is 4.34. The lowest BCUT2D eigenvalue weighted by molar-refractivity contribution is -0.142. The quantitative estimate of drug-likeness (QED) is 0.382. The van der Waals surface area contributed by atoms with Gasteiger partial charge in [0, 0.05) is 28.8 Å². The zero-order valence-corrected chi connectivity index (χ0v) is 17.5. The first-order valence-corrected chi connectivity index (χ1v) is 9.64. The van der Waals surface area contributed by atoms with Gasteiger partial charge in [-0.05, 0) is 36.4 Å². The zero-order valence-electron chi connectivity index (χ0n) is 16.8. The van der Waals surface area contributed by atoms with Gasteiger partial charge in [0.15, 0.2) is 0 Å². The van der Waals surface area contributed by atoms with E-state index in [4.69, 9.17) is 26.2 Å². The van der Waals surface area contributed by atoms with Gasteiger partial charge in [-0.2, -0.15) is 0 Å². The normalized spacial score (nSPS) is 17.6. The molecule has 3 rings (SSSR count). The number of methoxy groups -OCH3 is 2. The Morgan fingerprint density at radius 3 is 2.32 bits per heavy atom. The molecule has 1 aliphatic rings. The molecule has 0 spiro atoms. The fraction of sp³-hybridized carbons (Fsp3) is 0.227. The maximum atomic E-state index is 12.9. The highest BCUT2D eigenvalue weighted by atomic mass is 35.5. The van der Waals surface area contributed by atoms with Crippen molar-refractivity contribution in [2.24, 2.45) is 0 Å². The van der Waals surface area contributed by atoms with Gasteiger partial charge in [-0.15, -0.1) is 0 Å². The van der Waals surface area contributed by atoms with Crippen molar-refractivity contribution in [3.63, 3.8) is 0 Å². The Kier molecular flexibility index (Phi) is 6.50. The van der Waals surface area contributed by atoms with E-state index < -0.39 is 29.5 Å². The topological polar surface area (TPSA) is 113 Å².